The van der Waals surface area contributed by atoms with E-state index in [4.69, 9.17) is 4.74 Å². The zero-order chi connectivity index (χ0) is 25.5. The number of hydrogen-bond donors (Lipinski definition) is 2. The van der Waals surface area contributed by atoms with Crippen molar-refractivity contribution in [3.05, 3.63) is 59.4 Å². The van der Waals surface area contributed by atoms with E-state index in [-0.39, 0.29) is 5.91 Å². The number of ether oxygens (including phenoxy) is 1. The predicted octanol–water partition coefficient (Wildman–Crippen LogP) is 7.66. The lowest BCUT2D eigenvalue weighted by Crippen LogP contribution is -2.40. The van der Waals surface area contributed by atoms with Crippen molar-refractivity contribution in [2.24, 2.45) is 0 Å². The molecule has 1 aromatic heterocycles. The summed E-state index contributed by atoms with van der Waals surface area (Å²) in [4.78, 5) is 16.2. The third-order valence-corrected chi connectivity index (χ3v) is 7.27. The Bertz CT molecular complexity index is 916. The number of benzene rings is 1. The summed E-state index contributed by atoms with van der Waals surface area (Å²) in [7, 11) is 0. The van der Waals surface area contributed by atoms with Crippen LogP contribution in [0.4, 0.5) is 0 Å². The molecule has 36 heavy (non-hydrogen) atoms. The Morgan fingerprint density at radius 3 is 2.03 bits per heavy atom. The van der Waals surface area contributed by atoms with Gasteiger partial charge in [-0.1, -0.05) is 115 Å². The number of carbonyl (C=O) groups is 1. The van der Waals surface area contributed by atoms with E-state index in [1.54, 1.807) is 18.3 Å². The van der Waals surface area contributed by atoms with Gasteiger partial charge in [0.05, 0.1) is 12.2 Å². The molecule has 0 fully saturated rings. The van der Waals surface area contributed by atoms with Crippen LogP contribution in [-0.2, 0) is 5.72 Å². The van der Waals surface area contributed by atoms with Crippen LogP contribution in [0, 0.1) is 0 Å². The molecule has 1 atom stereocenters. The number of aromatic nitrogens is 1. The van der Waals surface area contributed by atoms with Crippen molar-refractivity contribution in [3.63, 3.8) is 0 Å². The fraction of sp³-hybridized carbons (Fsp3) is 0.613. The first-order valence-electron chi connectivity index (χ1n) is 14.4. The summed E-state index contributed by atoms with van der Waals surface area (Å²) in [5, 5.41) is 13.9. The molecule has 1 aliphatic heterocycles. The van der Waals surface area contributed by atoms with Gasteiger partial charge in [-0.05, 0) is 24.6 Å². The molecule has 2 heterocycles. The van der Waals surface area contributed by atoms with E-state index in [0.29, 0.717) is 29.0 Å². The van der Waals surface area contributed by atoms with Crippen LogP contribution in [0.25, 0.3) is 0 Å². The summed E-state index contributed by atoms with van der Waals surface area (Å²) in [6, 6.07) is 9.03. The third-order valence-electron chi connectivity index (χ3n) is 7.27. The molecule has 0 radical (unpaired) electrons. The maximum absolute atomic E-state index is 12.2. The molecule has 198 valence electrons. The zero-order valence-electron chi connectivity index (χ0n) is 22.3. The number of rotatable bonds is 19. The van der Waals surface area contributed by atoms with Crippen molar-refractivity contribution >= 4 is 5.91 Å². The lowest BCUT2D eigenvalue weighted by molar-refractivity contribution is 0.0474. The van der Waals surface area contributed by atoms with Gasteiger partial charge in [-0.25, -0.2) is 0 Å². The van der Waals surface area contributed by atoms with Crippen LogP contribution in [0.2, 0.25) is 0 Å². The first-order chi connectivity index (χ1) is 17.6. The number of carbonyl (C=O) groups excluding carboxylic acids is 1. The number of amides is 1. The highest BCUT2D eigenvalue weighted by molar-refractivity contribution is 6.00. The molecular weight excluding hydrogens is 448 g/mol. The summed E-state index contributed by atoms with van der Waals surface area (Å²) in [6.07, 6.45) is 24.7. The molecule has 1 amide bonds. The Morgan fingerprint density at radius 1 is 0.833 bits per heavy atom. The predicted molar refractivity (Wildman–Crippen MR) is 146 cm³/mol. The Kier molecular flexibility index (Phi) is 12.3. The van der Waals surface area contributed by atoms with Gasteiger partial charge in [0.2, 0.25) is 0 Å². The van der Waals surface area contributed by atoms with Crippen molar-refractivity contribution in [1.29, 1.82) is 0 Å². The molecule has 1 unspecified atom stereocenters. The summed E-state index contributed by atoms with van der Waals surface area (Å²) in [5.41, 5.74) is -0.0367. The summed E-state index contributed by atoms with van der Waals surface area (Å²) in [5.74, 6) is 0.388. The molecular formula is C31H46N2O3. The highest BCUT2D eigenvalue weighted by Gasteiger charge is 2.43. The van der Waals surface area contributed by atoms with E-state index in [1.165, 1.54) is 103 Å². The van der Waals surface area contributed by atoms with Gasteiger partial charge in [-0.2, -0.15) is 0 Å². The zero-order valence-corrected chi connectivity index (χ0v) is 22.3. The van der Waals surface area contributed by atoms with Crippen molar-refractivity contribution in [2.75, 3.05) is 6.61 Å². The minimum Gasteiger partial charge on any atom is -0.494 e. The lowest BCUT2D eigenvalue weighted by Gasteiger charge is -2.24. The average molecular weight is 495 g/mol. The molecule has 0 saturated heterocycles. The van der Waals surface area contributed by atoms with Crippen LogP contribution in [-0.4, -0.2) is 22.6 Å². The van der Waals surface area contributed by atoms with Gasteiger partial charge in [0, 0.05) is 23.5 Å². The largest absolute Gasteiger partial charge is 0.494 e. The van der Waals surface area contributed by atoms with Gasteiger partial charge in [0.1, 0.15) is 5.75 Å². The smallest absolute Gasteiger partial charge is 0.256 e. The molecule has 3 rings (SSSR count). The first-order valence-corrected chi connectivity index (χ1v) is 14.4. The van der Waals surface area contributed by atoms with Gasteiger partial charge in [-0.15, -0.1) is 0 Å². The highest BCUT2D eigenvalue weighted by Crippen LogP contribution is 2.35. The fourth-order valence-corrected chi connectivity index (χ4v) is 5.07. The molecule has 0 spiro atoms. The monoisotopic (exact) mass is 494 g/mol. The van der Waals surface area contributed by atoms with Crippen molar-refractivity contribution in [2.45, 2.75) is 115 Å². The summed E-state index contributed by atoms with van der Waals surface area (Å²) < 4.78 is 5.95. The van der Waals surface area contributed by atoms with E-state index in [9.17, 15) is 9.90 Å². The second kappa shape index (κ2) is 15.7. The van der Waals surface area contributed by atoms with Gasteiger partial charge >= 0.3 is 0 Å². The van der Waals surface area contributed by atoms with E-state index in [1.807, 2.05) is 18.2 Å². The Balaban J connectivity index is 1.22. The van der Waals surface area contributed by atoms with Crippen molar-refractivity contribution < 1.29 is 14.6 Å². The van der Waals surface area contributed by atoms with Gasteiger partial charge in [0.15, 0.2) is 5.72 Å². The van der Waals surface area contributed by atoms with Crippen LogP contribution in [0.5, 0.6) is 5.75 Å². The molecule has 5 heteroatoms. The summed E-state index contributed by atoms with van der Waals surface area (Å²) >= 11 is 0. The SMILES string of the molecule is CCCCCCCCCCCCCCCCCCOc1cccc(C2(O)NC(=O)c3cnccc32)c1. The standard InChI is InChI=1S/C31H46N2O3/c1-2-3-4-5-6-7-8-9-10-11-12-13-14-15-16-17-23-36-27-20-18-19-26(24-27)31(35)29-21-22-32-25-28(29)30(34)33-31/h18-22,24-25,35H,2-17,23H2,1H3,(H,33,34). The van der Waals surface area contributed by atoms with E-state index in [2.05, 4.69) is 17.2 Å². The van der Waals surface area contributed by atoms with E-state index >= 15 is 0 Å². The quantitative estimate of drug-likeness (QED) is 0.197. The number of fused-ring (bicyclic) bond motifs is 1. The molecule has 2 N–H and O–H groups in total. The Hall–Kier alpha value is -2.40. The Morgan fingerprint density at radius 2 is 1.42 bits per heavy atom. The normalized spacial score (nSPS) is 16.7. The van der Waals surface area contributed by atoms with Gasteiger partial charge < -0.3 is 15.2 Å². The molecule has 0 aliphatic carbocycles. The maximum atomic E-state index is 12.2. The molecule has 1 aromatic carbocycles. The molecule has 5 nitrogen and oxygen atoms in total. The maximum Gasteiger partial charge on any atom is 0.256 e. The minimum absolute atomic E-state index is 0.319. The van der Waals surface area contributed by atoms with Crippen LogP contribution in [0.3, 0.4) is 0 Å². The second-order valence-corrected chi connectivity index (χ2v) is 10.3. The second-order valence-electron chi connectivity index (χ2n) is 10.3. The summed E-state index contributed by atoms with van der Waals surface area (Å²) in [6.45, 7) is 2.94. The average Bonchev–Trinajstić information content (AvgIpc) is 3.17. The Labute approximate surface area is 218 Å². The highest BCUT2D eigenvalue weighted by atomic mass is 16.5. The topological polar surface area (TPSA) is 71.5 Å². The molecule has 1 aliphatic rings. The molecule has 2 aromatic rings. The number of nitrogens with zero attached hydrogens (tertiary/aromatic N) is 1. The molecule has 0 bridgehead atoms. The number of pyridine rings is 1. The molecule has 0 saturated carbocycles. The lowest BCUT2D eigenvalue weighted by atomic mass is 9.95. The van der Waals surface area contributed by atoms with Crippen LogP contribution in [0.15, 0.2) is 42.7 Å². The van der Waals surface area contributed by atoms with Gasteiger partial charge in [-0.3, -0.25) is 9.78 Å². The number of aliphatic hydroxyl groups is 1. The van der Waals surface area contributed by atoms with E-state index in [0.717, 1.165) is 6.42 Å². The number of nitrogens with one attached hydrogen (secondary N) is 1. The van der Waals surface area contributed by atoms with Crippen LogP contribution in [0.1, 0.15) is 131 Å². The number of hydrogen-bond acceptors (Lipinski definition) is 4. The minimum atomic E-state index is -1.55. The van der Waals surface area contributed by atoms with Gasteiger partial charge in [0.25, 0.3) is 5.91 Å². The van der Waals surface area contributed by atoms with Crippen molar-refractivity contribution in [1.82, 2.24) is 10.3 Å². The van der Waals surface area contributed by atoms with E-state index < -0.39 is 5.72 Å². The van der Waals surface area contributed by atoms with Crippen LogP contribution < -0.4 is 10.1 Å². The third kappa shape index (κ3) is 8.62. The number of unbranched alkanes of at least 4 members (excludes halogenated alkanes) is 15. The van der Waals surface area contributed by atoms with Crippen molar-refractivity contribution in [3.8, 4) is 5.75 Å². The first kappa shape index (κ1) is 28.2. The fourth-order valence-electron chi connectivity index (χ4n) is 5.07. The van der Waals surface area contributed by atoms with Crippen LogP contribution >= 0.6 is 0 Å².